The van der Waals surface area contributed by atoms with E-state index in [0.29, 0.717) is 6.54 Å². The molecule has 1 aromatic rings. The van der Waals surface area contributed by atoms with Gasteiger partial charge in [0.1, 0.15) is 0 Å². The first kappa shape index (κ1) is 13.8. The summed E-state index contributed by atoms with van der Waals surface area (Å²) < 4.78 is 0. The van der Waals surface area contributed by atoms with Crippen molar-refractivity contribution in [3.63, 3.8) is 0 Å². The van der Waals surface area contributed by atoms with Crippen LogP contribution < -0.4 is 10.6 Å². The van der Waals surface area contributed by atoms with E-state index >= 15 is 0 Å². The van der Waals surface area contributed by atoms with Crippen LogP contribution >= 0.6 is 0 Å². The van der Waals surface area contributed by atoms with Crippen LogP contribution in [0.2, 0.25) is 0 Å². The lowest BCUT2D eigenvalue weighted by molar-refractivity contribution is 0.644. The molecule has 0 atom stereocenters. The maximum atomic E-state index is 4.55. The minimum absolute atomic E-state index is 0.624. The van der Waals surface area contributed by atoms with Crippen LogP contribution in [0.25, 0.3) is 0 Å². The molecule has 1 aliphatic rings. The summed E-state index contributed by atoms with van der Waals surface area (Å²) in [7, 11) is 0. The van der Waals surface area contributed by atoms with Crippen LogP contribution in [0.15, 0.2) is 29.4 Å². The standard InChI is InChI=1S/C15H24N4/c1-2-16-15(18-11-5-6-13-8-9-13)19-12-14-7-3-4-10-17-14/h3-4,7,10,13H,2,5-6,8-9,11-12H2,1H3,(H2,16,18,19). The Bertz CT molecular complexity index is 384. The van der Waals surface area contributed by atoms with Crippen molar-refractivity contribution in [1.82, 2.24) is 15.6 Å². The molecule has 1 aliphatic carbocycles. The van der Waals surface area contributed by atoms with Gasteiger partial charge in [-0.25, -0.2) is 4.99 Å². The van der Waals surface area contributed by atoms with Crippen LogP contribution in [0, 0.1) is 5.92 Å². The van der Waals surface area contributed by atoms with Crippen LogP contribution in [0.1, 0.15) is 38.3 Å². The van der Waals surface area contributed by atoms with E-state index in [0.717, 1.165) is 30.7 Å². The second-order valence-electron chi connectivity index (χ2n) is 5.03. The monoisotopic (exact) mass is 260 g/mol. The zero-order chi connectivity index (χ0) is 13.3. The Morgan fingerprint density at radius 1 is 1.37 bits per heavy atom. The first-order chi connectivity index (χ1) is 9.38. The number of nitrogens with zero attached hydrogens (tertiary/aromatic N) is 2. The van der Waals surface area contributed by atoms with Crippen molar-refractivity contribution in [3.8, 4) is 0 Å². The number of aliphatic imine (C=N–C) groups is 1. The summed E-state index contributed by atoms with van der Waals surface area (Å²) in [5.41, 5.74) is 0.998. The summed E-state index contributed by atoms with van der Waals surface area (Å²) in [6.07, 6.45) is 7.27. The molecule has 0 saturated heterocycles. The van der Waals surface area contributed by atoms with E-state index in [1.54, 1.807) is 6.20 Å². The highest BCUT2D eigenvalue weighted by atomic mass is 15.2. The minimum atomic E-state index is 0.624. The molecule has 4 nitrogen and oxygen atoms in total. The summed E-state index contributed by atoms with van der Waals surface area (Å²) in [6.45, 7) is 4.60. The van der Waals surface area contributed by atoms with E-state index in [2.05, 4.69) is 27.5 Å². The molecule has 0 aromatic carbocycles. The molecule has 1 fully saturated rings. The third-order valence-corrected chi connectivity index (χ3v) is 3.25. The number of pyridine rings is 1. The molecule has 0 radical (unpaired) electrons. The van der Waals surface area contributed by atoms with E-state index in [4.69, 9.17) is 0 Å². The Balaban J connectivity index is 1.73. The van der Waals surface area contributed by atoms with Gasteiger partial charge in [0.2, 0.25) is 0 Å². The topological polar surface area (TPSA) is 49.3 Å². The second kappa shape index (κ2) is 7.77. The van der Waals surface area contributed by atoms with Gasteiger partial charge in [0, 0.05) is 19.3 Å². The van der Waals surface area contributed by atoms with Crippen molar-refractivity contribution in [2.75, 3.05) is 13.1 Å². The molecular weight excluding hydrogens is 236 g/mol. The summed E-state index contributed by atoms with van der Waals surface area (Å²) in [5, 5.41) is 6.65. The summed E-state index contributed by atoms with van der Waals surface area (Å²) >= 11 is 0. The third-order valence-electron chi connectivity index (χ3n) is 3.25. The van der Waals surface area contributed by atoms with E-state index < -0.39 is 0 Å². The highest BCUT2D eigenvalue weighted by molar-refractivity contribution is 5.79. The Labute approximate surface area is 115 Å². The number of hydrogen-bond acceptors (Lipinski definition) is 2. The fourth-order valence-corrected chi connectivity index (χ4v) is 2.00. The lowest BCUT2D eigenvalue weighted by Gasteiger charge is -2.10. The summed E-state index contributed by atoms with van der Waals surface area (Å²) in [5.74, 6) is 1.90. The van der Waals surface area contributed by atoms with E-state index in [9.17, 15) is 0 Å². The number of hydrogen-bond donors (Lipinski definition) is 2. The molecule has 0 aliphatic heterocycles. The Morgan fingerprint density at radius 3 is 2.95 bits per heavy atom. The van der Waals surface area contributed by atoms with Gasteiger partial charge in [-0.15, -0.1) is 0 Å². The maximum Gasteiger partial charge on any atom is 0.191 e. The number of aromatic nitrogens is 1. The van der Waals surface area contributed by atoms with Gasteiger partial charge in [0.25, 0.3) is 0 Å². The fraction of sp³-hybridized carbons (Fsp3) is 0.600. The number of guanidine groups is 1. The quantitative estimate of drug-likeness (QED) is 0.449. The van der Waals surface area contributed by atoms with Crippen molar-refractivity contribution in [3.05, 3.63) is 30.1 Å². The highest BCUT2D eigenvalue weighted by Crippen LogP contribution is 2.33. The van der Waals surface area contributed by atoms with E-state index in [-0.39, 0.29) is 0 Å². The third kappa shape index (κ3) is 5.73. The fourth-order valence-electron chi connectivity index (χ4n) is 2.00. The zero-order valence-corrected chi connectivity index (χ0v) is 11.7. The minimum Gasteiger partial charge on any atom is -0.357 e. The number of nitrogens with one attached hydrogen (secondary N) is 2. The molecule has 1 heterocycles. The van der Waals surface area contributed by atoms with Gasteiger partial charge < -0.3 is 10.6 Å². The summed E-state index contributed by atoms with van der Waals surface area (Å²) in [4.78, 5) is 8.82. The molecular formula is C15H24N4. The largest absolute Gasteiger partial charge is 0.357 e. The smallest absolute Gasteiger partial charge is 0.191 e. The van der Waals surface area contributed by atoms with Crippen LogP contribution in [-0.2, 0) is 6.54 Å². The van der Waals surface area contributed by atoms with Crippen LogP contribution in [-0.4, -0.2) is 24.0 Å². The van der Waals surface area contributed by atoms with Crippen molar-refractivity contribution in [2.45, 2.75) is 39.2 Å². The summed E-state index contributed by atoms with van der Waals surface area (Å²) in [6, 6.07) is 5.92. The molecule has 104 valence electrons. The second-order valence-corrected chi connectivity index (χ2v) is 5.03. The van der Waals surface area contributed by atoms with Gasteiger partial charge in [-0.1, -0.05) is 18.9 Å². The number of rotatable bonds is 7. The van der Waals surface area contributed by atoms with Crippen molar-refractivity contribution in [2.24, 2.45) is 10.9 Å². The molecule has 0 spiro atoms. The molecule has 2 rings (SSSR count). The predicted molar refractivity (Wildman–Crippen MR) is 79.0 cm³/mol. The van der Waals surface area contributed by atoms with Gasteiger partial charge in [-0.2, -0.15) is 0 Å². The normalized spacial score (nSPS) is 15.3. The molecule has 1 saturated carbocycles. The molecule has 0 bridgehead atoms. The Morgan fingerprint density at radius 2 is 2.26 bits per heavy atom. The zero-order valence-electron chi connectivity index (χ0n) is 11.7. The van der Waals surface area contributed by atoms with Crippen LogP contribution in [0.4, 0.5) is 0 Å². The van der Waals surface area contributed by atoms with Gasteiger partial charge in [-0.3, -0.25) is 4.98 Å². The Kier molecular flexibility index (Phi) is 5.66. The maximum absolute atomic E-state index is 4.55. The first-order valence-corrected chi connectivity index (χ1v) is 7.30. The highest BCUT2D eigenvalue weighted by Gasteiger charge is 2.19. The molecule has 4 heteroatoms. The van der Waals surface area contributed by atoms with Gasteiger partial charge in [0.15, 0.2) is 5.96 Å². The lowest BCUT2D eigenvalue weighted by atomic mass is 10.2. The average molecular weight is 260 g/mol. The van der Waals surface area contributed by atoms with Gasteiger partial charge >= 0.3 is 0 Å². The van der Waals surface area contributed by atoms with E-state index in [1.165, 1.54) is 25.7 Å². The molecule has 1 aromatic heterocycles. The van der Waals surface area contributed by atoms with Gasteiger partial charge in [-0.05, 0) is 37.8 Å². The molecule has 2 N–H and O–H groups in total. The van der Waals surface area contributed by atoms with Crippen molar-refractivity contribution >= 4 is 5.96 Å². The van der Waals surface area contributed by atoms with Crippen molar-refractivity contribution in [1.29, 1.82) is 0 Å². The van der Waals surface area contributed by atoms with Crippen LogP contribution in [0.5, 0.6) is 0 Å². The Hall–Kier alpha value is -1.58. The van der Waals surface area contributed by atoms with Crippen molar-refractivity contribution < 1.29 is 0 Å². The molecule has 19 heavy (non-hydrogen) atoms. The molecule has 0 unspecified atom stereocenters. The van der Waals surface area contributed by atoms with Gasteiger partial charge in [0.05, 0.1) is 12.2 Å². The van der Waals surface area contributed by atoms with Crippen LogP contribution in [0.3, 0.4) is 0 Å². The first-order valence-electron chi connectivity index (χ1n) is 7.30. The SMILES string of the molecule is CCNC(=NCc1ccccn1)NCCCC1CC1. The van der Waals surface area contributed by atoms with E-state index in [1.807, 2.05) is 18.2 Å². The lowest BCUT2D eigenvalue weighted by Crippen LogP contribution is -2.37. The molecule has 0 amide bonds. The predicted octanol–water partition coefficient (Wildman–Crippen LogP) is 2.33. The average Bonchev–Trinajstić information content (AvgIpc) is 3.26.